The highest BCUT2D eigenvalue weighted by atomic mass is 79.9. The summed E-state index contributed by atoms with van der Waals surface area (Å²) in [7, 11) is 0. The summed E-state index contributed by atoms with van der Waals surface area (Å²) in [5, 5.41) is 5.41. The maximum atomic E-state index is 11.6. The lowest BCUT2D eigenvalue weighted by Crippen LogP contribution is -2.27. The third-order valence-corrected chi connectivity index (χ3v) is 3.96. The zero-order chi connectivity index (χ0) is 22.2. The number of pyridine rings is 2. The van der Waals surface area contributed by atoms with Gasteiger partial charge in [-0.1, -0.05) is 41.5 Å². The fraction of sp³-hybridized carbons (Fsp3) is 0.381. The average Bonchev–Trinajstić information content (AvgIpc) is 2.63. The van der Waals surface area contributed by atoms with Crippen LogP contribution < -0.4 is 10.6 Å². The monoisotopic (exact) mass is 462 g/mol. The molecule has 0 unspecified atom stereocenters. The maximum absolute atomic E-state index is 11.6. The van der Waals surface area contributed by atoms with E-state index in [0.29, 0.717) is 23.5 Å². The normalized spacial score (nSPS) is 11.0. The molecule has 2 rings (SSSR count). The first kappa shape index (κ1) is 24.4. The SMILES string of the molecule is CC(C)(C)C(=O)Nc1ccc(Br)cn1.CC(C)(C)C(=O)Nc1ccc(C=O)cn1. The van der Waals surface area contributed by atoms with Crippen LogP contribution in [-0.2, 0) is 9.59 Å². The van der Waals surface area contributed by atoms with Crippen LogP contribution in [0.25, 0.3) is 0 Å². The van der Waals surface area contributed by atoms with E-state index >= 15 is 0 Å². The van der Waals surface area contributed by atoms with E-state index in [1.807, 2.05) is 47.6 Å². The second-order valence-corrected chi connectivity index (χ2v) is 9.28. The number of nitrogens with one attached hydrogen (secondary N) is 2. The Hall–Kier alpha value is -2.61. The van der Waals surface area contributed by atoms with E-state index in [1.54, 1.807) is 24.4 Å². The first-order valence-electron chi connectivity index (χ1n) is 8.98. The summed E-state index contributed by atoms with van der Waals surface area (Å²) < 4.78 is 0.895. The van der Waals surface area contributed by atoms with Gasteiger partial charge in [-0.05, 0) is 40.2 Å². The van der Waals surface area contributed by atoms with E-state index in [-0.39, 0.29) is 11.8 Å². The number of anilines is 2. The number of rotatable bonds is 3. The molecule has 2 heterocycles. The van der Waals surface area contributed by atoms with Gasteiger partial charge in [0.25, 0.3) is 0 Å². The lowest BCUT2D eigenvalue weighted by Gasteiger charge is -2.16. The Morgan fingerprint density at radius 1 is 0.828 bits per heavy atom. The van der Waals surface area contributed by atoms with E-state index in [9.17, 15) is 14.4 Å². The highest BCUT2D eigenvalue weighted by Gasteiger charge is 2.22. The van der Waals surface area contributed by atoms with Gasteiger partial charge in [-0.15, -0.1) is 0 Å². The number of amides is 2. The van der Waals surface area contributed by atoms with Gasteiger partial charge in [0.2, 0.25) is 11.8 Å². The molecule has 2 amide bonds. The summed E-state index contributed by atoms with van der Waals surface area (Å²) in [6.07, 6.45) is 3.78. The van der Waals surface area contributed by atoms with Crippen LogP contribution in [0.5, 0.6) is 0 Å². The van der Waals surface area contributed by atoms with Crippen molar-refractivity contribution in [1.82, 2.24) is 9.97 Å². The Kier molecular flexibility index (Phi) is 8.63. The Morgan fingerprint density at radius 2 is 1.28 bits per heavy atom. The predicted octanol–water partition coefficient (Wildman–Crippen LogP) is 4.71. The van der Waals surface area contributed by atoms with Gasteiger partial charge >= 0.3 is 0 Å². The topological polar surface area (TPSA) is 101 Å². The largest absolute Gasteiger partial charge is 0.310 e. The molecule has 0 saturated heterocycles. The smallest absolute Gasteiger partial charge is 0.230 e. The van der Waals surface area contributed by atoms with Crippen LogP contribution in [0.2, 0.25) is 0 Å². The van der Waals surface area contributed by atoms with Crippen LogP contribution in [0, 0.1) is 10.8 Å². The number of hydrogen-bond donors (Lipinski definition) is 2. The standard InChI is InChI=1S/C11H14N2O2.C10H13BrN2O/c1-11(2,3)10(15)13-9-5-4-8(7-14)6-12-9;1-10(2,3)9(14)13-8-5-4-7(11)6-12-8/h4-7H,1-3H3,(H,12,13,15);4-6H,1-3H3,(H,12,13,14). The van der Waals surface area contributed by atoms with Crippen molar-refractivity contribution >= 4 is 45.7 Å². The molecule has 8 heteroatoms. The first-order chi connectivity index (χ1) is 13.3. The average molecular weight is 463 g/mol. The van der Waals surface area contributed by atoms with E-state index in [2.05, 4.69) is 36.5 Å². The second kappa shape index (κ2) is 10.2. The first-order valence-corrected chi connectivity index (χ1v) is 9.78. The minimum atomic E-state index is -0.453. The zero-order valence-corrected chi connectivity index (χ0v) is 19.1. The van der Waals surface area contributed by atoms with Gasteiger partial charge in [-0.3, -0.25) is 14.4 Å². The molecule has 0 aromatic carbocycles. The van der Waals surface area contributed by atoms with Crippen molar-refractivity contribution in [3.8, 4) is 0 Å². The molecule has 0 aliphatic rings. The van der Waals surface area contributed by atoms with Crippen molar-refractivity contribution in [2.45, 2.75) is 41.5 Å². The molecule has 0 aliphatic heterocycles. The zero-order valence-electron chi connectivity index (χ0n) is 17.5. The van der Waals surface area contributed by atoms with Gasteiger partial charge in [0, 0.05) is 33.3 Å². The summed E-state index contributed by atoms with van der Waals surface area (Å²) in [5.41, 5.74) is -0.358. The summed E-state index contributed by atoms with van der Waals surface area (Å²) in [6, 6.07) is 6.81. The molecule has 0 fully saturated rings. The molecular formula is C21H27BrN4O3. The number of aldehydes is 1. The van der Waals surface area contributed by atoms with Crippen molar-refractivity contribution in [2.75, 3.05) is 10.6 Å². The Labute approximate surface area is 179 Å². The van der Waals surface area contributed by atoms with Gasteiger partial charge in [0.05, 0.1) is 0 Å². The number of carbonyl (C=O) groups is 3. The molecule has 0 radical (unpaired) electrons. The quantitative estimate of drug-likeness (QED) is 0.643. The molecule has 0 aliphatic carbocycles. The minimum absolute atomic E-state index is 0.0349. The summed E-state index contributed by atoms with van der Waals surface area (Å²) in [4.78, 5) is 41.5. The van der Waals surface area contributed by atoms with Crippen LogP contribution in [-0.4, -0.2) is 28.1 Å². The summed E-state index contributed by atoms with van der Waals surface area (Å²) in [5.74, 6) is 0.898. The van der Waals surface area contributed by atoms with Gasteiger partial charge < -0.3 is 10.6 Å². The number of aromatic nitrogens is 2. The van der Waals surface area contributed by atoms with Crippen LogP contribution in [0.4, 0.5) is 11.6 Å². The Balaban J connectivity index is 0.000000291. The number of hydrogen-bond acceptors (Lipinski definition) is 5. The van der Waals surface area contributed by atoms with Crippen LogP contribution in [0.3, 0.4) is 0 Å². The fourth-order valence-corrected chi connectivity index (χ4v) is 1.84. The van der Waals surface area contributed by atoms with Gasteiger partial charge in [-0.25, -0.2) is 9.97 Å². The van der Waals surface area contributed by atoms with Crippen molar-refractivity contribution < 1.29 is 14.4 Å². The highest BCUT2D eigenvalue weighted by Crippen LogP contribution is 2.17. The van der Waals surface area contributed by atoms with Crippen molar-refractivity contribution in [1.29, 1.82) is 0 Å². The Morgan fingerprint density at radius 3 is 1.59 bits per heavy atom. The molecule has 0 bridgehead atoms. The van der Waals surface area contributed by atoms with Crippen LogP contribution in [0.15, 0.2) is 41.1 Å². The third kappa shape index (κ3) is 8.95. The molecule has 29 heavy (non-hydrogen) atoms. The minimum Gasteiger partial charge on any atom is -0.310 e. The number of halogens is 1. The predicted molar refractivity (Wildman–Crippen MR) is 118 cm³/mol. The molecule has 2 N–H and O–H groups in total. The van der Waals surface area contributed by atoms with Crippen LogP contribution >= 0.6 is 15.9 Å². The fourth-order valence-electron chi connectivity index (χ4n) is 1.61. The number of carbonyl (C=O) groups excluding carboxylic acids is 3. The van der Waals surface area contributed by atoms with Crippen LogP contribution in [0.1, 0.15) is 51.9 Å². The summed E-state index contributed by atoms with van der Waals surface area (Å²) in [6.45, 7) is 11.1. The molecular weight excluding hydrogens is 436 g/mol. The third-order valence-electron chi connectivity index (χ3n) is 3.50. The molecule has 7 nitrogen and oxygen atoms in total. The Bertz CT molecular complexity index is 836. The second-order valence-electron chi connectivity index (χ2n) is 8.36. The molecule has 0 atom stereocenters. The molecule has 0 saturated carbocycles. The lowest BCUT2D eigenvalue weighted by molar-refractivity contribution is -0.123. The molecule has 156 valence electrons. The maximum Gasteiger partial charge on any atom is 0.230 e. The van der Waals surface area contributed by atoms with E-state index < -0.39 is 10.8 Å². The number of nitrogens with zero attached hydrogens (tertiary/aromatic N) is 2. The van der Waals surface area contributed by atoms with Crippen molar-refractivity contribution in [3.05, 3.63) is 46.7 Å². The van der Waals surface area contributed by atoms with Crippen molar-refractivity contribution in [2.24, 2.45) is 10.8 Å². The molecule has 0 spiro atoms. The van der Waals surface area contributed by atoms with Gasteiger partial charge in [-0.2, -0.15) is 0 Å². The van der Waals surface area contributed by atoms with E-state index in [4.69, 9.17) is 0 Å². The summed E-state index contributed by atoms with van der Waals surface area (Å²) >= 11 is 3.28. The van der Waals surface area contributed by atoms with Crippen molar-refractivity contribution in [3.63, 3.8) is 0 Å². The highest BCUT2D eigenvalue weighted by molar-refractivity contribution is 9.10. The molecule has 2 aromatic rings. The lowest BCUT2D eigenvalue weighted by atomic mass is 9.96. The molecule has 2 aromatic heterocycles. The van der Waals surface area contributed by atoms with Gasteiger partial charge in [0.15, 0.2) is 6.29 Å². The van der Waals surface area contributed by atoms with E-state index in [0.717, 1.165) is 4.47 Å². The van der Waals surface area contributed by atoms with E-state index in [1.165, 1.54) is 6.20 Å². The van der Waals surface area contributed by atoms with Gasteiger partial charge in [0.1, 0.15) is 11.6 Å².